The number of rotatable bonds is 4. The van der Waals surface area contributed by atoms with Crippen LogP contribution in [0, 0.1) is 6.92 Å². The Morgan fingerprint density at radius 3 is 2.38 bits per heavy atom. The molecule has 0 spiro atoms. The van der Waals surface area contributed by atoms with Crippen molar-refractivity contribution in [2.75, 3.05) is 32.7 Å². The lowest BCUT2D eigenvalue weighted by Crippen LogP contribution is -2.38. The highest BCUT2D eigenvalue weighted by Crippen LogP contribution is 2.26. The Labute approximate surface area is 185 Å². The van der Waals surface area contributed by atoms with Crippen molar-refractivity contribution in [1.82, 2.24) is 19.6 Å². The zero-order valence-corrected chi connectivity index (χ0v) is 17.8. The molecule has 0 radical (unpaired) electrons. The van der Waals surface area contributed by atoms with Gasteiger partial charge in [-0.15, -0.1) is 0 Å². The van der Waals surface area contributed by atoms with Gasteiger partial charge in [0, 0.05) is 37.9 Å². The number of carbonyl (C=O) groups is 1. The predicted molar refractivity (Wildman–Crippen MR) is 117 cm³/mol. The van der Waals surface area contributed by atoms with E-state index in [1.54, 1.807) is 15.8 Å². The Bertz CT molecular complexity index is 1060. The highest BCUT2D eigenvalue weighted by atomic mass is 19.4. The third-order valence-electron chi connectivity index (χ3n) is 5.57. The van der Waals surface area contributed by atoms with E-state index < -0.39 is 12.7 Å². The summed E-state index contributed by atoms with van der Waals surface area (Å²) < 4.78 is 40.1. The van der Waals surface area contributed by atoms with Crippen molar-refractivity contribution < 1.29 is 18.0 Å². The number of aryl methyl sites for hydroxylation is 1. The number of alkyl halides is 3. The molecular formula is C24H25F3N4O. The normalized spacial score (nSPS) is 15.6. The van der Waals surface area contributed by atoms with Crippen molar-refractivity contribution in [3.8, 4) is 16.9 Å². The number of halogens is 3. The molecule has 32 heavy (non-hydrogen) atoms. The van der Waals surface area contributed by atoms with Gasteiger partial charge in [-0.1, -0.05) is 48.0 Å². The predicted octanol–water partition coefficient (Wildman–Crippen LogP) is 4.56. The number of hydrogen-bond donors (Lipinski definition) is 0. The van der Waals surface area contributed by atoms with Gasteiger partial charge < -0.3 is 4.90 Å². The van der Waals surface area contributed by atoms with Crippen LogP contribution >= 0.6 is 0 Å². The maximum Gasteiger partial charge on any atom is 0.401 e. The van der Waals surface area contributed by atoms with Gasteiger partial charge in [0.05, 0.1) is 17.8 Å². The molecule has 0 saturated carbocycles. The average molecular weight is 442 g/mol. The lowest BCUT2D eigenvalue weighted by Gasteiger charge is -2.22. The summed E-state index contributed by atoms with van der Waals surface area (Å²) in [4.78, 5) is 16.5. The van der Waals surface area contributed by atoms with Crippen LogP contribution in [0.15, 0.2) is 60.8 Å². The number of hydrogen-bond acceptors (Lipinski definition) is 3. The topological polar surface area (TPSA) is 41.4 Å². The van der Waals surface area contributed by atoms with E-state index in [1.165, 1.54) is 4.90 Å². The molecule has 1 aromatic heterocycles. The van der Waals surface area contributed by atoms with Crippen LogP contribution in [0.4, 0.5) is 13.2 Å². The van der Waals surface area contributed by atoms with Crippen molar-refractivity contribution in [2.24, 2.45) is 0 Å². The lowest BCUT2D eigenvalue weighted by atomic mass is 10.1. The van der Waals surface area contributed by atoms with Crippen LogP contribution < -0.4 is 0 Å². The maximum absolute atomic E-state index is 13.5. The SMILES string of the molecule is Cc1ccc(-n2cc(C(=O)N3CCCN(CC(F)(F)F)CC3)c(-c3ccccc3)n2)cc1. The summed E-state index contributed by atoms with van der Waals surface area (Å²) in [6.07, 6.45) is -2.03. The third kappa shape index (κ3) is 5.19. The average Bonchev–Trinajstić information content (AvgIpc) is 3.08. The fourth-order valence-electron chi connectivity index (χ4n) is 3.93. The summed E-state index contributed by atoms with van der Waals surface area (Å²) in [5, 5.41) is 4.69. The van der Waals surface area contributed by atoms with E-state index in [2.05, 4.69) is 0 Å². The second-order valence-corrected chi connectivity index (χ2v) is 8.07. The van der Waals surface area contributed by atoms with Gasteiger partial charge in [0.25, 0.3) is 5.91 Å². The summed E-state index contributed by atoms with van der Waals surface area (Å²) in [6.45, 7) is 2.22. The Morgan fingerprint density at radius 1 is 0.969 bits per heavy atom. The quantitative estimate of drug-likeness (QED) is 0.595. The zero-order valence-electron chi connectivity index (χ0n) is 17.8. The van der Waals surface area contributed by atoms with E-state index in [0.29, 0.717) is 30.8 Å². The van der Waals surface area contributed by atoms with E-state index >= 15 is 0 Å². The minimum absolute atomic E-state index is 0.192. The van der Waals surface area contributed by atoms with Crippen molar-refractivity contribution in [1.29, 1.82) is 0 Å². The number of benzene rings is 2. The summed E-state index contributed by atoms with van der Waals surface area (Å²) in [7, 11) is 0. The molecule has 3 aromatic rings. The second kappa shape index (κ2) is 9.16. The van der Waals surface area contributed by atoms with E-state index in [0.717, 1.165) is 16.8 Å². The Morgan fingerprint density at radius 2 is 1.69 bits per heavy atom. The van der Waals surface area contributed by atoms with Crippen LogP contribution in [-0.4, -0.2) is 64.4 Å². The van der Waals surface area contributed by atoms with Gasteiger partial charge in [-0.2, -0.15) is 18.3 Å². The first-order valence-electron chi connectivity index (χ1n) is 10.6. The maximum atomic E-state index is 13.5. The van der Waals surface area contributed by atoms with Crippen molar-refractivity contribution in [3.63, 3.8) is 0 Å². The lowest BCUT2D eigenvalue weighted by molar-refractivity contribution is -0.145. The van der Waals surface area contributed by atoms with Gasteiger partial charge in [-0.3, -0.25) is 9.69 Å². The molecule has 1 aliphatic rings. The molecule has 1 saturated heterocycles. The first-order chi connectivity index (χ1) is 15.3. The fraction of sp³-hybridized carbons (Fsp3) is 0.333. The molecule has 8 heteroatoms. The van der Waals surface area contributed by atoms with Gasteiger partial charge in [-0.05, 0) is 25.5 Å². The van der Waals surface area contributed by atoms with Crippen LogP contribution in [0.5, 0.6) is 0 Å². The summed E-state index contributed by atoms with van der Waals surface area (Å²) in [5.74, 6) is -0.212. The van der Waals surface area contributed by atoms with Gasteiger partial charge in [0.15, 0.2) is 0 Å². The Balaban J connectivity index is 1.63. The monoisotopic (exact) mass is 442 g/mol. The molecule has 2 aromatic carbocycles. The number of aromatic nitrogens is 2. The first kappa shape index (κ1) is 22.1. The van der Waals surface area contributed by atoms with Crippen LogP contribution in [0.2, 0.25) is 0 Å². The van der Waals surface area contributed by atoms with Gasteiger partial charge in [-0.25, -0.2) is 4.68 Å². The minimum atomic E-state index is -4.24. The van der Waals surface area contributed by atoms with Gasteiger partial charge in [0.2, 0.25) is 0 Å². The van der Waals surface area contributed by atoms with Crippen molar-refractivity contribution in [3.05, 3.63) is 71.9 Å². The molecule has 0 aliphatic carbocycles. The molecule has 1 aliphatic heterocycles. The summed E-state index contributed by atoms with van der Waals surface area (Å²) >= 11 is 0. The number of carbonyl (C=O) groups excluding carboxylic acids is 1. The van der Waals surface area contributed by atoms with E-state index in [4.69, 9.17) is 5.10 Å². The van der Waals surface area contributed by atoms with Crippen LogP contribution in [0.1, 0.15) is 22.3 Å². The summed E-state index contributed by atoms with van der Waals surface area (Å²) in [5.41, 5.74) is 3.77. The first-order valence-corrected chi connectivity index (χ1v) is 10.6. The molecule has 0 atom stereocenters. The molecule has 0 bridgehead atoms. The van der Waals surface area contributed by atoms with Gasteiger partial charge >= 0.3 is 6.18 Å². The largest absolute Gasteiger partial charge is 0.401 e. The van der Waals surface area contributed by atoms with Gasteiger partial charge in [0.1, 0.15) is 5.69 Å². The Hall–Kier alpha value is -3.13. The third-order valence-corrected chi connectivity index (χ3v) is 5.57. The number of amides is 1. The van der Waals surface area contributed by atoms with Crippen LogP contribution in [-0.2, 0) is 0 Å². The molecule has 168 valence electrons. The molecule has 0 N–H and O–H groups in total. The smallest absolute Gasteiger partial charge is 0.337 e. The zero-order chi connectivity index (χ0) is 22.7. The molecule has 4 rings (SSSR count). The molecular weight excluding hydrogens is 417 g/mol. The molecule has 5 nitrogen and oxygen atoms in total. The second-order valence-electron chi connectivity index (χ2n) is 8.07. The molecule has 1 fully saturated rings. The molecule has 2 heterocycles. The standard InChI is InChI=1S/C24H25F3N4O/c1-18-8-10-20(11-9-18)31-16-21(22(28-31)19-6-3-2-4-7-19)23(32)30-13-5-12-29(14-15-30)17-24(25,26)27/h2-4,6-11,16H,5,12-15,17H2,1H3. The van der Waals surface area contributed by atoms with Crippen LogP contribution in [0.3, 0.4) is 0 Å². The van der Waals surface area contributed by atoms with E-state index in [1.807, 2.05) is 61.5 Å². The fourth-order valence-corrected chi connectivity index (χ4v) is 3.93. The minimum Gasteiger partial charge on any atom is -0.337 e. The highest BCUT2D eigenvalue weighted by Gasteiger charge is 2.32. The highest BCUT2D eigenvalue weighted by molar-refractivity contribution is 6.00. The summed E-state index contributed by atoms with van der Waals surface area (Å²) in [6, 6.07) is 17.3. The van der Waals surface area contributed by atoms with E-state index in [9.17, 15) is 18.0 Å². The number of nitrogens with zero attached hydrogens (tertiary/aromatic N) is 4. The van der Waals surface area contributed by atoms with Crippen LogP contribution in [0.25, 0.3) is 16.9 Å². The van der Waals surface area contributed by atoms with Crippen molar-refractivity contribution in [2.45, 2.75) is 19.5 Å². The molecule has 0 unspecified atom stereocenters. The van der Waals surface area contributed by atoms with Crippen molar-refractivity contribution >= 4 is 5.91 Å². The molecule has 1 amide bonds. The van der Waals surface area contributed by atoms with E-state index in [-0.39, 0.29) is 19.0 Å². The Kier molecular flexibility index (Phi) is 6.32.